The minimum absolute atomic E-state index is 0.134. The van der Waals surface area contributed by atoms with Crippen LogP contribution < -0.4 is 0 Å². The molecule has 1 nitrogen and oxygen atoms in total. The summed E-state index contributed by atoms with van der Waals surface area (Å²) in [4.78, 5) is 0. The Kier molecular flexibility index (Phi) is 3.44. The van der Waals surface area contributed by atoms with E-state index in [4.69, 9.17) is 0 Å². The number of hydrogen-bond donors (Lipinski definition) is 0. The summed E-state index contributed by atoms with van der Waals surface area (Å²) in [6.45, 7) is 0.134. The lowest BCUT2D eigenvalue weighted by Gasteiger charge is -2.19. The molecule has 0 aromatic heterocycles. The standard InChI is InChI=1S/C7H13OS/c8-4-1-7-2-5-9-6-3-7/h7H,1-6H2. The second kappa shape index (κ2) is 4.18. The molecule has 9 heavy (non-hydrogen) atoms. The summed E-state index contributed by atoms with van der Waals surface area (Å²) >= 11 is 2.02. The van der Waals surface area contributed by atoms with Gasteiger partial charge in [-0.15, -0.1) is 0 Å². The molecule has 1 saturated heterocycles. The Hall–Kier alpha value is 0.310. The third-order valence-corrected chi connectivity index (χ3v) is 2.92. The largest absolute Gasteiger partial charge is 0.237 e. The molecule has 1 fully saturated rings. The zero-order valence-electron chi connectivity index (χ0n) is 5.64. The number of rotatable bonds is 2. The minimum Gasteiger partial charge on any atom is -0.237 e. The predicted octanol–water partition coefficient (Wildman–Crippen LogP) is 1.95. The van der Waals surface area contributed by atoms with Crippen molar-refractivity contribution in [1.82, 2.24) is 0 Å². The summed E-state index contributed by atoms with van der Waals surface area (Å²) in [5.74, 6) is 3.33. The monoisotopic (exact) mass is 145 g/mol. The van der Waals surface area contributed by atoms with Gasteiger partial charge in [0.2, 0.25) is 0 Å². The molecule has 1 rings (SSSR count). The van der Waals surface area contributed by atoms with Crippen molar-refractivity contribution in [1.29, 1.82) is 0 Å². The van der Waals surface area contributed by atoms with E-state index in [1.54, 1.807) is 0 Å². The first-order valence-electron chi connectivity index (χ1n) is 3.59. The van der Waals surface area contributed by atoms with E-state index in [9.17, 15) is 5.11 Å². The van der Waals surface area contributed by atoms with Crippen LogP contribution in [0.25, 0.3) is 0 Å². The van der Waals surface area contributed by atoms with Gasteiger partial charge < -0.3 is 0 Å². The molecule has 1 aliphatic heterocycles. The molecule has 0 saturated carbocycles. The molecule has 0 unspecified atom stereocenters. The summed E-state index contributed by atoms with van der Waals surface area (Å²) in [6, 6.07) is 0. The van der Waals surface area contributed by atoms with E-state index in [0.717, 1.165) is 12.3 Å². The third-order valence-electron chi connectivity index (χ3n) is 1.87. The van der Waals surface area contributed by atoms with Crippen molar-refractivity contribution in [3.8, 4) is 0 Å². The normalized spacial score (nSPS) is 22.3. The summed E-state index contributed by atoms with van der Waals surface area (Å²) < 4.78 is 0. The highest BCUT2D eigenvalue weighted by atomic mass is 32.2. The molecule has 1 aliphatic rings. The average molecular weight is 145 g/mol. The molecule has 53 valence electrons. The molecule has 0 spiro atoms. The average Bonchev–Trinajstić information content (AvgIpc) is 1.91. The van der Waals surface area contributed by atoms with E-state index in [1.165, 1.54) is 24.3 Å². The van der Waals surface area contributed by atoms with Gasteiger partial charge in [0, 0.05) is 0 Å². The van der Waals surface area contributed by atoms with E-state index < -0.39 is 0 Å². The van der Waals surface area contributed by atoms with E-state index in [2.05, 4.69) is 0 Å². The molecular formula is C7H13OS. The van der Waals surface area contributed by atoms with Crippen LogP contribution in [0.3, 0.4) is 0 Å². The van der Waals surface area contributed by atoms with Crippen molar-refractivity contribution < 1.29 is 5.11 Å². The Morgan fingerprint density at radius 1 is 1.33 bits per heavy atom. The van der Waals surface area contributed by atoms with Crippen LogP contribution >= 0.6 is 11.8 Å². The Morgan fingerprint density at radius 2 is 2.00 bits per heavy atom. The van der Waals surface area contributed by atoms with Crippen molar-refractivity contribution in [2.75, 3.05) is 18.1 Å². The smallest absolute Gasteiger partial charge is 0.0825 e. The van der Waals surface area contributed by atoms with E-state index >= 15 is 0 Å². The molecule has 0 atom stereocenters. The Balaban J connectivity index is 2.08. The molecule has 1 heterocycles. The van der Waals surface area contributed by atoms with Crippen LogP contribution in [0, 0.1) is 5.92 Å². The maximum Gasteiger partial charge on any atom is 0.0825 e. The van der Waals surface area contributed by atoms with E-state index in [-0.39, 0.29) is 6.61 Å². The van der Waals surface area contributed by atoms with Gasteiger partial charge in [-0.2, -0.15) is 11.8 Å². The Labute approximate surface area is 60.8 Å². The fourth-order valence-corrected chi connectivity index (χ4v) is 2.41. The fraction of sp³-hybridized carbons (Fsp3) is 1.00. The minimum atomic E-state index is 0.134. The van der Waals surface area contributed by atoms with Crippen molar-refractivity contribution in [2.45, 2.75) is 19.3 Å². The first-order chi connectivity index (χ1) is 4.43. The second-order valence-corrected chi connectivity index (χ2v) is 3.77. The topological polar surface area (TPSA) is 19.9 Å². The molecule has 0 N–H and O–H groups in total. The highest BCUT2D eigenvalue weighted by molar-refractivity contribution is 7.99. The SMILES string of the molecule is [O]CCC1CCSCC1. The van der Waals surface area contributed by atoms with Crippen molar-refractivity contribution >= 4 is 11.8 Å². The van der Waals surface area contributed by atoms with Crippen LogP contribution in [0.2, 0.25) is 0 Å². The molecule has 0 bridgehead atoms. The van der Waals surface area contributed by atoms with Gasteiger partial charge >= 0.3 is 0 Å². The predicted molar refractivity (Wildman–Crippen MR) is 40.2 cm³/mol. The summed E-state index contributed by atoms with van der Waals surface area (Å²) in [7, 11) is 0. The molecule has 0 aromatic carbocycles. The maximum absolute atomic E-state index is 10.2. The van der Waals surface area contributed by atoms with Gasteiger partial charge in [-0.3, -0.25) is 0 Å². The summed E-state index contributed by atoms with van der Waals surface area (Å²) in [5, 5.41) is 10.2. The molecule has 2 heteroatoms. The number of thioether (sulfide) groups is 1. The maximum atomic E-state index is 10.2. The first-order valence-corrected chi connectivity index (χ1v) is 4.75. The van der Waals surface area contributed by atoms with Crippen LogP contribution in [0.4, 0.5) is 0 Å². The highest BCUT2D eigenvalue weighted by Crippen LogP contribution is 2.24. The summed E-state index contributed by atoms with van der Waals surface area (Å²) in [6.07, 6.45) is 3.49. The Bertz CT molecular complexity index is 66.6. The quantitative estimate of drug-likeness (QED) is 0.581. The zero-order chi connectivity index (χ0) is 6.53. The molecule has 0 aliphatic carbocycles. The van der Waals surface area contributed by atoms with Crippen LogP contribution in [0.5, 0.6) is 0 Å². The van der Waals surface area contributed by atoms with E-state index in [0.29, 0.717) is 0 Å². The lowest BCUT2D eigenvalue weighted by molar-refractivity contribution is 0.168. The third kappa shape index (κ3) is 2.59. The molecule has 1 radical (unpaired) electrons. The van der Waals surface area contributed by atoms with Crippen molar-refractivity contribution in [2.24, 2.45) is 5.92 Å². The van der Waals surface area contributed by atoms with Gasteiger partial charge in [0.05, 0.1) is 6.61 Å². The second-order valence-electron chi connectivity index (χ2n) is 2.55. The van der Waals surface area contributed by atoms with Crippen molar-refractivity contribution in [3.63, 3.8) is 0 Å². The van der Waals surface area contributed by atoms with Gasteiger partial charge in [-0.1, -0.05) is 0 Å². The van der Waals surface area contributed by atoms with E-state index in [1.807, 2.05) is 11.8 Å². The summed E-state index contributed by atoms with van der Waals surface area (Å²) in [5.41, 5.74) is 0. The fourth-order valence-electron chi connectivity index (χ4n) is 1.20. The van der Waals surface area contributed by atoms with Crippen LogP contribution in [0.1, 0.15) is 19.3 Å². The van der Waals surface area contributed by atoms with Gasteiger partial charge in [-0.25, -0.2) is 5.11 Å². The highest BCUT2D eigenvalue weighted by Gasteiger charge is 2.12. The first kappa shape index (κ1) is 7.42. The Morgan fingerprint density at radius 3 is 2.56 bits per heavy atom. The van der Waals surface area contributed by atoms with Gasteiger partial charge in [0.25, 0.3) is 0 Å². The zero-order valence-corrected chi connectivity index (χ0v) is 6.45. The molecule has 0 aromatic rings. The van der Waals surface area contributed by atoms with Crippen LogP contribution in [0.15, 0.2) is 0 Å². The van der Waals surface area contributed by atoms with Gasteiger partial charge in [0.15, 0.2) is 0 Å². The lowest BCUT2D eigenvalue weighted by atomic mass is 10.00. The molecular weight excluding hydrogens is 132 g/mol. The number of hydrogen-bond acceptors (Lipinski definition) is 1. The van der Waals surface area contributed by atoms with Gasteiger partial charge in [0.1, 0.15) is 0 Å². The van der Waals surface area contributed by atoms with Crippen molar-refractivity contribution in [3.05, 3.63) is 0 Å². The molecule has 0 amide bonds. The van der Waals surface area contributed by atoms with Gasteiger partial charge in [-0.05, 0) is 36.7 Å². The van der Waals surface area contributed by atoms with Crippen LogP contribution in [-0.4, -0.2) is 18.1 Å². The van der Waals surface area contributed by atoms with Crippen LogP contribution in [-0.2, 0) is 5.11 Å². The lowest BCUT2D eigenvalue weighted by Crippen LogP contribution is -2.10.